The van der Waals surface area contributed by atoms with Crippen molar-refractivity contribution >= 4 is 5.95 Å². The fraction of sp³-hybridized carbons (Fsp3) is 0.778. The molecule has 0 radical (unpaired) electrons. The molecule has 0 aliphatic heterocycles. The SMILES string of the molecule is Nc1ncn(C2CCCCCC2)n1. The Labute approximate surface area is 78.1 Å². The van der Waals surface area contributed by atoms with Crippen LogP contribution in [0.5, 0.6) is 0 Å². The Balaban J connectivity index is 2.06. The van der Waals surface area contributed by atoms with Crippen LogP contribution < -0.4 is 5.73 Å². The summed E-state index contributed by atoms with van der Waals surface area (Å²) >= 11 is 0. The van der Waals surface area contributed by atoms with Crippen molar-refractivity contribution in [3.05, 3.63) is 6.33 Å². The van der Waals surface area contributed by atoms with Gasteiger partial charge in [0, 0.05) is 0 Å². The number of nitrogen functional groups attached to an aromatic ring is 1. The van der Waals surface area contributed by atoms with E-state index in [4.69, 9.17) is 5.73 Å². The van der Waals surface area contributed by atoms with Gasteiger partial charge >= 0.3 is 0 Å². The lowest BCUT2D eigenvalue weighted by molar-refractivity contribution is 0.405. The van der Waals surface area contributed by atoms with E-state index in [1.54, 1.807) is 6.33 Å². The molecule has 0 bridgehead atoms. The first-order valence-corrected chi connectivity index (χ1v) is 5.03. The molecule has 0 aromatic carbocycles. The molecule has 1 aliphatic carbocycles. The molecule has 0 spiro atoms. The molecule has 1 heterocycles. The summed E-state index contributed by atoms with van der Waals surface area (Å²) < 4.78 is 1.93. The second-order valence-corrected chi connectivity index (χ2v) is 3.73. The number of aromatic nitrogens is 3. The molecule has 4 heteroatoms. The molecule has 1 aromatic rings. The summed E-state index contributed by atoms with van der Waals surface area (Å²) in [6, 6.07) is 0.535. The van der Waals surface area contributed by atoms with Crippen molar-refractivity contribution in [2.24, 2.45) is 0 Å². The lowest BCUT2D eigenvalue weighted by atomic mass is 10.1. The Morgan fingerprint density at radius 2 is 1.92 bits per heavy atom. The minimum absolute atomic E-state index is 0.393. The van der Waals surface area contributed by atoms with Gasteiger partial charge in [0.15, 0.2) is 0 Å². The van der Waals surface area contributed by atoms with Gasteiger partial charge in [0.25, 0.3) is 0 Å². The van der Waals surface area contributed by atoms with Gasteiger partial charge in [0.05, 0.1) is 6.04 Å². The van der Waals surface area contributed by atoms with Crippen LogP contribution in [0, 0.1) is 0 Å². The summed E-state index contributed by atoms with van der Waals surface area (Å²) in [6.07, 6.45) is 9.55. The monoisotopic (exact) mass is 180 g/mol. The third kappa shape index (κ3) is 1.99. The zero-order chi connectivity index (χ0) is 9.10. The third-order valence-corrected chi connectivity index (χ3v) is 2.73. The van der Waals surface area contributed by atoms with Gasteiger partial charge in [0.2, 0.25) is 5.95 Å². The molecule has 72 valence electrons. The summed E-state index contributed by atoms with van der Waals surface area (Å²) in [6.45, 7) is 0. The number of hydrogen-bond donors (Lipinski definition) is 1. The van der Waals surface area contributed by atoms with Gasteiger partial charge < -0.3 is 5.73 Å². The predicted octanol–water partition coefficient (Wildman–Crippen LogP) is 1.76. The molecule has 2 rings (SSSR count). The standard InChI is InChI=1S/C9H16N4/c10-9-11-7-13(12-9)8-5-3-1-2-4-6-8/h7-8H,1-6H2,(H2,10,12). The highest BCUT2D eigenvalue weighted by molar-refractivity contribution is 5.09. The van der Waals surface area contributed by atoms with E-state index in [1.807, 2.05) is 4.68 Å². The molecular formula is C9H16N4. The van der Waals surface area contributed by atoms with Gasteiger partial charge in [-0.3, -0.25) is 0 Å². The maximum absolute atomic E-state index is 5.48. The second-order valence-electron chi connectivity index (χ2n) is 3.73. The molecular weight excluding hydrogens is 164 g/mol. The largest absolute Gasteiger partial charge is 0.367 e. The Morgan fingerprint density at radius 3 is 2.46 bits per heavy atom. The van der Waals surface area contributed by atoms with Gasteiger partial charge in [-0.25, -0.2) is 9.67 Å². The topological polar surface area (TPSA) is 56.7 Å². The van der Waals surface area contributed by atoms with E-state index < -0.39 is 0 Å². The number of hydrogen-bond acceptors (Lipinski definition) is 3. The Kier molecular flexibility index (Phi) is 2.47. The van der Waals surface area contributed by atoms with E-state index in [-0.39, 0.29) is 0 Å². The molecule has 1 fully saturated rings. The summed E-state index contributed by atoms with van der Waals surface area (Å²) in [5.74, 6) is 0.393. The molecule has 0 saturated heterocycles. The molecule has 2 N–H and O–H groups in total. The van der Waals surface area contributed by atoms with Crippen LogP contribution in [0.25, 0.3) is 0 Å². The lowest BCUT2D eigenvalue weighted by Gasteiger charge is -2.12. The highest BCUT2D eigenvalue weighted by atomic mass is 15.4. The maximum Gasteiger partial charge on any atom is 0.239 e. The average molecular weight is 180 g/mol. The van der Waals surface area contributed by atoms with E-state index in [1.165, 1.54) is 38.5 Å². The normalized spacial score (nSPS) is 20.0. The molecule has 0 atom stereocenters. The zero-order valence-electron chi connectivity index (χ0n) is 7.82. The molecule has 0 amide bonds. The minimum Gasteiger partial charge on any atom is -0.367 e. The van der Waals surface area contributed by atoms with Crippen LogP contribution in [0.15, 0.2) is 6.33 Å². The van der Waals surface area contributed by atoms with Crippen LogP contribution in [-0.4, -0.2) is 14.8 Å². The van der Waals surface area contributed by atoms with Crippen molar-refractivity contribution in [3.63, 3.8) is 0 Å². The second kappa shape index (κ2) is 3.77. The van der Waals surface area contributed by atoms with Crippen molar-refractivity contribution in [1.82, 2.24) is 14.8 Å². The quantitative estimate of drug-likeness (QED) is 0.670. The van der Waals surface area contributed by atoms with Crippen LogP contribution in [0.1, 0.15) is 44.6 Å². The summed E-state index contributed by atoms with van der Waals surface area (Å²) in [7, 11) is 0. The van der Waals surface area contributed by atoms with E-state index in [0.29, 0.717) is 12.0 Å². The molecule has 1 saturated carbocycles. The average Bonchev–Trinajstić information content (AvgIpc) is 2.43. The van der Waals surface area contributed by atoms with Crippen LogP contribution in [-0.2, 0) is 0 Å². The van der Waals surface area contributed by atoms with Crippen molar-refractivity contribution in [2.45, 2.75) is 44.6 Å². The first-order valence-electron chi connectivity index (χ1n) is 5.03. The van der Waals surface area contributed by atoms with Gasteiger partial charge in [-0.15, -0.1) is 5.10 Å². The van der Waals surface area contributed by atoms with E-state index >= 15 is 0 Å². The number of anilines is 1. The predicted molar refractivity (Wildman–Crippen MR) is 51.2 cm³/mol. The number of rotatable bonds is 1. The van der Waals surface area contributed by atoms with Crippen LogP contribution in [0.2, 0.25) is 0 Å². The van der Waals surface area contributed by atoms with Gasteiger partial charge in [-0.2, -0.15) is 0 Å². The van der Waals surface area contributed by atoms with Gasteiger partial charge in [-0.05, 0) is 12.8 Å². The third-order valence-electron chi connectivity index (χ3n) is 2.73. The molecule has 1 aromatic heterocycles. The van der Waals surface area contributed by atoms with E-state index in [2.05, 4.69) is 10.1 Å². The first kappa shape index (κ1) is 8.53. The van der Waals surface area contributed by atoms with Gasteiger partial charge in [0.1, 0.15) is 6.33 Å². The molecule has 1 aliphatic rings. The Bertz CT molecular complexity index is 260. The first-order chi connectivity index (χ1) is 6.36. The van der Waals surface area contributed by atoms with Crippen LogP contribution in [0.3, 0.4) is 0 Å². The summed E-state index contributed by atoms with van der Waals surface area (Å²) in [5, 5.41) is 4.16. The highest BCUT2D eigenvalue weighted by Gasteiger charge is 2.14. The van der Waals surface area contributed by atoms with Crippen molar-refractivity contribution in [1.29, 1.82) is 0 Å². The lowest BCUT2D eigenvalue weighted by Crippen LogP contribution is -2.08. The van der Waals surface area contributed by atoms with Crippen LogP contribution in [0.4, 0.5) is 5.95 Å². The molecule has 0 unspecified atom stereocenters. The Morgan fingerprint density at radius 1 is 1.23 bits per heavy atom. The summed E-state index contributed by atoms with van der Waals surface area (Å²) in [5.41, 5.74) is 5.48. The fourth-order valence-electron chi connectivity index (χ4n) is 1.99. The fourth-order valence-corrected chi connectivity index (χ4v) is 1.99. The number of nitrogens with zero attached hydrogens (tertiary/aromatic N) is 3. The number of nitrogens with two attached hydrogens (primary N) is 1. The zero-order valence-corrected chi connectivity index (χ0v) is 7.82. The minimum atomic E-state index is 0.393. The molecule has 13 heavy (non-hydrogen) atoms. The van der Waals surface area contributed by atoms with Crippen molar-refractivity contribution in [2.75, 3.05) is 5.73 Å². The van der Waals surface area contributed by atoms with E-state index in [9.17, 15) is 0 Å². The van der Waals surface area contributed by atoms with E-state index in [0.717, 1.165) is 0 Å². The van der Waals surface area contributed by atoms with Gasteiger partial charge in [-0.1, -0.05) is 25.7 Å². The summed E-state index contributed by atoms with van der Waals surface area (Å²) in [4.78, 5) is 3.95. The Hall–Kier alpha value is -1.06. The maximum atomic E-state index is 5.48. The smallest absolute Gasteiger partial charge is 0.239 e. The van der Waals surface area contributed by atoms with Crippen molar-refractivity contribution in [3.8, 4) is 0 Å². The van der Waals surface area contributed by atoms with Crippen molar-refractivity contribution < 1.29 is 0 Å². The highest BCUT2D eigenvalue weighted by Crippen LogP contribution is 2.26. The van der Waals surface area contributed by atoms with Crippen LogP contribution >= 0.6 is 0 Å². The molecule has 4 nitrogen and oxygen atoms in total.